The SMILES string of the molecule is Cc1ccncc1-c1cccnc1Oc1ccc(I)cc1.Cc1cnn(-c2ccc(Oc3ncccc3-c3cnccc3C)cc2)c1. The third-order valence-corrected chi connectivity index (χ3v) is 7.98. The molecule has 0 atom stereocenters. The first-order chi connectivity index (χ1) is 22.9. The lowest BCUT2D eigenvalue weighted by Gasteiger charge is -2.12. The summed E-state index contributed by atoms with van der Waals surface area (Å²) in [7, 11) is 0. The van der Waals surface area contributed by atoms with Crippen LogP contribution >= 0.6 is 22.6 Å². The predicted molar refractivity (Wildman–Crippen MR) is 192 cm³/mol. The number of aryl methyl sites for hydroxylation is 3. The highest BCUT2D eigenvalue weighted by molar-refractivity contribution is 14.1. The van der Waals surface area contributed by atoms with Gasteiger partial charge in [-0.1, -0.05) is 0 Å². The lowest BCUT2D eigenvalue weighted by atomic mass is 10.0. The van der Waals surface area contributed by atoms with Gasteiger partial charge in [-0.2, -0.15) is 5.10 Å². The number of rotatable bonds is 7. The first kappa shape index (κ1) is 31.6. The molecule has 5 heterocycles. The Balaban J connectivity index is 0.000000168. The number of hydrogen-bond donors (Lipinski definition) is 0. The average Bonchev–Trinajstić information content (AvgIpc) is 3.54. The smallest absolute Gasteiger partial charge is 0.227 e. The largest absolute Gasteiger partial charge is 0.438 e. The minimum Gasteiger partial charge on any atom is -0.438 e. The molecule has 2 aromatic carbocycles. The number of benzene rings is 2. The molecule has 0 bridgehead atoms. The standard InChI is InChI=1S/C21H18N4O.C17H13IN2O/c1-15-12-24-25(14-15)17-5-7-18(8-6-17)26-21-19(4-3-10-23-21)20-13-22-11-9-16(20)2;1-12-8-10-19-11-16(12)15-3-2-9-20-17(15)21-14-6-4-13(18)5-7-14/h3-14H,1-2H3;2-11H,1H3. The number of ether oxygens (including phenoxy) is 2. The lowest BCUT2D eigenvalue weighted by Crippen LogP contribution is -1.95. The van der Waals surface area contributed by atoms with Crippen LogP contribution in [0.25, 0.3) is 27.9 Å². The molecular formula is C38H31IN6O2. The number of halogens is 1. The van der Waals surface area contributed by atoms with Crippen LogP contribution in [0.4, 0.5) is 0 Å². The summed E-state index contributed by atoms with van der Waals surface area (Å²) in [5.74, 6) is 2.65. The van der Waals surface area contributed by atoms with Gasteiger partial charge in [-0.3, -0.25) is 9.97 Å². The van der Waals surface area contributed by atoms with E-state index in [-0.39, 0.29) is 0 Å². The highest BCUT2D eigenvalue weighted by Crippen LogP contribution is 2.34. The second-order valence-electron chi connectivity index (χ2n) is 10.7. The fraction of sp³-hybridized carbons (Fsp3) is 0.0789. The van der Waals surface area contributed by atoms with Crippen molar-refractivity contribution in [1.82, 2.24) is 29.7 Å². The molecule has 0 aliphatic rings. The second kappa shape index (κ2) is 14.8. The van der Waals surface area contributed by atoms with E-state index in [0.717, 1.165) is 56.1 Å². The van der Waals surface area contributed by atoms with Crippen molar-refractivity contribution in [3.63, 3.8) is 0 Å². The Morgan fingerprint density at radius 3 is 1.53 bits per heavy atom. The number of nitrogens with zero attached hydrogens (tertiary/aromatic N) is 6. The van der Waals surface area contributed by atoms with Crippen LogP contribution in [0, 0.1) is 24.3 Å². The van der Waals surface area contributed by atoms with Crippen LogP contribution in [-0.4, -0.2) is 29.7 Å². The van der Waals surface area contributed by atoms with Gasteiger partial charge in [0.05, 0.1) is 11.9 Å². The lowest BCUT2D eigenvalue weighted by molar-refractivity contribution is 0.464. The molecule has 0 radical (unpaired) electrons. The van der Waals surface area contributed by atoms with Gasteiger partial charge in [0, 0.05) is 69.2 Å². The van der Waals surface area contributed by atoms with Crippen LogP contribution < -0.4 is 9.47 Å². The molecule has 0 saturated heterocycles. The fourth-order valence-electron chi connectivity index (χ4n) is 4.79. The van der Waals surface area contributed by atoms with E-state index in [1.807, 2.05) is 121 Å². The molecule has 0 amide bonds. The zero-order valence-electron chi connectivity index (χ0n) is 26.1. The van der Waals surface area contributed by atoms with Crippen LogP contribution in [0.5, 0.6) is 23.3 Å². The van der Waals surface area contributed by atoms with Crippen LogP contribution in [0.3, 0.4) is 0 Å². The van der Waals surface area contributed by atoms with Gasteiger partial charge in [-0.25, -0.2) is 14.6 Å². The maximum atomic E-state index is 6.05. The highest BCUT2D eigenvalue weighted by atomic mass is 127. The second-order valence-corrected chi connectivity index (χ2v) is 12.0. The van der Waals surface area contributed by atoms with Gasteiger partial charge in [0.2, 0.25) is 11.8 Å². The molecule has 0 unspecified atom stereocenters. The zero-order valence-corrected chi connectivity index (χ0v) is 28.2. The van der Waals surface area contributed by atoms with Crippen molar-refractivity contribution in [2.75, 3.05) is 0 Å². The van der Waals surface area contributed by atoms with Crippen molar-refractivity contribution in [3.8, 4) is 51.2 Å². The van der Waals surface area contributed by atoms with Crippen molar-refractivity contribution < 1.29 is 9.47 Å². The Kier molecular flexibility index (Phi) is 9.93. The molecule has 0 N–H and O–H groups in total. The fourth-order valence-corrected chi connectivity index (χ4v) is 5.15. The summed E-state index contributed by atoms with van der Waals surface area (Å²) in [6.07, 6.45) is 14.5. The maximum absolute atomic E-state index is 6.05. The first-order valence-corrected chi connectivity index (χ1v) is 16.0. The normalized spacial score (nSPS) is 10.6. The maximum Gasteiger partial charge on any atom is 0.227 e. The molecule has 0 aliphatic carbocycles. The molecular weight excluding hydrogens is 699 g/mol. The molecule has 232 valence electrons. The van der Waals surface area contributed by atoms with E-state index in [0.29, 0.717) is 11.8 Å². The van der Waals surface area contributed by atoms with Crippen molar-refractivity contribution in [2.45, 2.75) is 20.8 Å². The van der Waals surface area contributed by atoms with Crippen molar-refractivity contribution in [2.24, 2.45) is 0 Å². The van der Waals surface area contributed by atoms with E-state index < -0.39 is 0 Å². The summed E-state index contributed by atoms with van der Waals surface area (Å²) in [5.41, 5.74) is 8.29. The Labute approximate surface area is 287 Å². The number of aromatic nitrogens is 6. The number of hydrogen-bond acceptors (Lipinski definition) is 7. The van der Waals surface area contributed by atoms with Crippen LogP contribution in [-0.2, 0) is 0 Å². The third-order valence-electron chi connectivity index (χ3n) is 7.26. The molecule has 7 rings (SSSR count). The topological polar surface area (TPSA) is 87.8 Å². The van der Waals surface area contributed by atoms with Crippen molar-refractivity contribution in [3.05, 3.63) is 155 Å². The minimum atomic E-state index is 0.561. The summed E-state index contributed by atoms with van der Waals surface area (Å²) < 4.78 is 15.0. The molecule has 0 fully saturated rings. The molecule has 9 heteroatoms. The minimum absolute atomic E-state index is 0.561. The van der Waals surface area contributed by atoms with Crippen molar-refractivity contribution >= 4 is 22.6 Å². The monoisotopic (exact) mass is 730 g/mol. The molecule has 5 aromatic heterocycles. The summed E-state index contributed by atoms with van der Waals surface area (Å²) in [6, 6.07) is 27.4. The Bertz CT molecular complexity index is 2100. The average molecular weight is 731 g/mol. The van der Waals surface area contributed by atoms with Gasteiger partial charge < -0.3 is 9.47 Å². The van der Waals surface area contributed by atoms with E-state index in [2.05, 4.69) is 61.5 Å². The van der Waals surface area contributed by atoms with Crippen molar-refractivity contribution in [1.29, 1.82) is 0 Å². The van der Waals surface area contributed by atoms with Gasteiger partial charge in [0.25, 0.3) is 0 Å². The van der Waals surface area contributed by atoms with Gasteiger partial charge in [-0.05, 0) is 145 Å². The van der Waals surface area contributed by atoms with E-state index in [9.17, 15) is 0 Å². The molecule has 0 aliphatic heterocycles. The quantitative estimate of drug-likeness (QED) is 0.151. The summed E-state index contributed by atoms with van der Waals surface area (Å²) in [4.78, 5) is 17.2. The molecule has 0 spiro atoms. The van der Waals surface area contributed by atoms with Gasteiger partial charge in [0.15, 0.2) is 0 Å². The first-order valence-electron chi connectivity index (χ1n) is 14.9. The van der Waals surface area contributed by atoms with E-state index in [4.69, 9.17) is 9.47 Å². The molecule has 8 nitrogen and oxygen atoms in total. The van der Waals surface area contributed by atoms with Gasteiger partial charge in [0.1, 0.15) is 11.5 Å². The molecule has 7 aromatic rings. The Hall–Kier alpha value is -5.42. The zero-order chi connectivity index (χ0) is 32.6. The predicted octanol–water partition coefficient (Wildman–Crippen LogP) is 9.59. The Morgan fingerprint density at radius 1 is 0.553 bits per heavy atom. The summed E-state index contributed by atoms with van der Waals surface area (Å²) >= 11 is 2.27. The van der Waals surface area contributed by atoms with Crippen LogP contribution in [0.2, 0.25) is 0 Å². The Morgan fingerprint density at radius 2 is 1.06 bits per heavy atom. The van der Waals surface area contributed by atoms with Crippen LogP contribution in [0.1, 0.15) is 16.7 Å². The molecule has 0 saturated carbocycles. The van der Waals surface area contributed by atoms with E-state index in [1.165, 1.54) is 3.57 Å². The highest BCUT2D eigenvalue weighted by Gasteiger charge is 2.12. The van der Waals surface area contributed by atoms with E-state index in [1.54, 1.807) is 24.8 Å². The number of pyridine rings is 4. The summed E-state index contributed by atoms with van der Waals surface area (Å²) in [6.45, 7) is 6.12. The van der Waals surface area contributed by atoms with Gasteiger partial charge in [-0.15, -0.1) is 0 Å². The van der Waals surface area contributed by atoms with E-state index >= 15 is 0 Å². The molecule has 47 heavy (non-hydrogen) atoms. The van der Waals surface area contributed by atoms with Gasteiger partial charge >= 0.3 is 0 Å². The summed E-state index contributed by atoms with van der Waals surface area (Å²) in [5, 5.41) is 4.32. The third kappa shape index (κ3) is 7.87. The van der Waals surface area contributed by atoms with Crippen LogP contribution in [0.15, 0.2) is 135 Å².